The maximum absolute atomic E-state index is 12.0. The molecule has 3 nitrogen and oxygen atoms in total. The molecular weight excluding hydrogens is 265 g/mol. The normalized spacial score (nSPS) is 11.9. The minimum absolute atomic E-state index is 0.140. The van der Waals surface area contributed by atoms with E-state index in [2.05, 4.69) is 4.98 Å². The van der Waals surface area contributed by atoms with Crippen LogP contribution in [0.2, 0.25) is 5.15 Å². The number of halogens is 4. The van der Waals surface area contributed by atoms with Crippen molar-refractivity contribution in [3.8, 4) is 0 Å². The predicted molar refractivity (Wildman–Crippen MR) is 57.0 cm³/mol. The van der Waals surface area contributed by atoms with Crippen LogP contribution in [0, 0.1) is 0 Å². The van der Waals surface area contributed by atoms with Crippen molar-refractivity contribution >= 4 is 28.1 Å². The lowest BCUT2D eigenvalue weighted by Crippen LogP contribution is -2.23. The monoisotopic (exact) mass is 274 g/mol. The van der Waals surface area contributed by atoms with Crippen LogP contribution in [-0.4, -0.2) is 29.9 Å². The number of rotatable bonds is 4. The Hall–Kier alpha value is -0.530. The molecule has 0 aliphatic carbocycles. The number of aliphatic hydroxyl groups is 1. The molecule has 0 saturated heterocycles. The molecule has 8 heteroatoms. The highest BCUT2D eigenvalue weighted by Gasteiger charge is 2.27. The van der Waals surface area contributed by atoms with Crippen molar-refractivity contribution in [2.45, 2.75) is 19.2 Å². The molecular formula is C8H10ClF3N2OS. The van der Waals surface area contributed by atoms with E-state index in [1.165, 1.54) is 11.9 Å². The van der Waals surface area contributed by atoms with Crippen molar-refractivity contribution in [1.29, 1.82) is 0 Å². The highest BCUT2D eigenvalue weighted by atomic mass is 35.5. The van der Waals surface area contributed by atoms with Gasteiger partial charge in [-0.3, -0.25) is 0 Å². The molecule has 0 bridgehead atoms. The fourth-order valence-electron chi connectivity index (χ4n) is 0.972. The van der Waals surface area contributed by atoms with Crippen molar-refractivity contribution in [2.75, 3.05) is 18.5 Å². The summed E-state index contributed by atoms with van der Waals surface area (Å²) in [6, 6.07) is 0. The Morgan fingerprint density at radius 3 is 2.56 bits per heavy atom. The lowest BCUT2D eigenvalue weighted by Gasteiger charge is -2.16. The average molecular weight is 275 g/mol. The first kappa shape index (κ1) is 13.5. The molecule has 1 aromatic heterocycles. The lowest BCUT2D eigenvalue weighted by molar-refractivity contribution is -0.132. The second-order valence-corrected chi connectivity index (χ2v) is 4.58. The third kappa shape index (κ3) is 3.80. The fourth-order valence-corrected chi connectivity index (χ4v) is 2.08. The smallest absolute Gasteiger partial charge is 0.390 e. The van der Waals surface area contributed by atoms with Crippen molar-refractivity contribution in [3.63, 3.8) is 0 Å². The molecule has 0 aliphatic heterocycles. The number of aliphatic hydroxyl groups excluding tert-OH is 1. The van der Waals surface area contributed by atoms with Crippen LogP contribution in [0.1, 0.15) is 11.3 Å². The molecule has 0 fully saturated rings. The van der Waals surface area contributed by atoms with Crippen molar-refractivity contribution in [2.24, 2.45) is 0 Å². The van der Waals surface area contributed by atoms with E-state index in [4.69, 9.17) is 16.7 Å². The summed E-state index contributed by atoms with van der Waals surface area (Å²) in [5.41, 5.74) is 0. The highest BCUT2D eigenvalue weighted by Crippen LogP contribution is 2.30. The van der Waals surface area contributed by atoms with Crippen LogP contribution in [0.15, 0.2) is 0 Å². The van der Waals surface area contributed by atoms with Gasteiger partial charge in [0.1, 0.15) is 5.15 Å². The maximum Gasteiger partial charge on any atom is 0.390 e. The Bertz CT molecular complexity index is 356. The third-order valence-electron chi connectivity index (χ3n) is 1.84. The zero-order valence-electron chi connectivity index (χ0n) is 8.38. The second-order valence-electron chi connectivity index (χ2n) is 3.16. The van der Waals surface area contributed by atoms with Gasteiger partial charge in [-0.15, -0.1) is 0 Å². The molecule has 0 radical (unpaired) electrons. The summed E-state index contributed by atoms with van der Waals surface area (Å²) in [5.74, 6) is 0. The summed E-state index contributed by atoms with van der Waals surface area (Å²) in [6.45, 7) is -0.443. The predicted octanol–water partition coefficient (Wildman–Crippen LogP) is 2.68. The Morgan fingerprint density at radius 1 is 1.50 bits per heavy atom. The van der Waals surface area contributed by atoms with Crippen molar-refractivity contribution in [1.82, 2.24) is 4.98 Å². The van der Waals surface area contributed by atoms with Crippen LogP contribution < -0.4 is 4.90 Å². The number of aromatic nitrogens is 1. The van der Waals surface area contributed by atoms with Gasteiger partial charge in [0, 0.05) is 13.6 Å². The molecule has 1 rings (SSSR count). The van der Waals surface area contributed by atoms with E-state index in [0.29, 0.717) is 10.0 Å². The minimum atomic E-state index is -4.19. The van der Waals surface area contributed by atoms with Gasteiger partial charge in [0.2, 0.25) is 0 Å². The van der Waals surface area contributed by atoms with Gasteiger partial charge in [-0.2, -0.15) is 13.2 Å². The van der Waals surface area contributed by atoms with Crippen molar-refractivity contribution in [3.05, 3.63) is 10.0 Å². The molecule has 0 aromatic carbocycles. The molecule has 0 unspecified atom stereocenters. The summed E-state index contributed by atoms with van der Waals surface area (Å²) in [6.07, 6.45) is -5.09. The molecule has 1 heterocycles. The molecule has 1 N–H and O–H groups in total. The van der Waals surface area contributed by atoms with E-state index < -0.39 is 12.6 Å². The quantitative estimate of drug-likeness (QED) is 0.917. The van der Waals surface area contributed by atoms with Crippen molar-refractivity contribution < 1.29 is 18.3 Å². The first-order valence-electron chi connectivity index (χ1n) is 4.37. The van der Waals surface area contributed by atoms with Crippen LogP contribution in [-0.2, 0) is 6.61 Å². The summed E-state index contributed by atoms with van der Waals surface area (Å²) in [7, 11) is 1.50. The number of nitrogens with zero attached hydrogens (tertiary/aromatic N) is 2. The Kier molecular flexibility index (Phi) is 4.40. The Morgan fingerprint density at radius 2 is 2.12 bits per heavy atom. The number of hydrogen-bond acceptors (Lipinski definition) is 4. The van der Waals surface area contributed by atoms with Gasteiger partial charge in [-0.25, -0.2) is 4.98 Å². The lowest BCUT2D eigenvalue weighted by atomic mass is 10.4. The van der Waals surface area contributed by atoms with E-state index in [0.717, 1.165) is 11.3 Å². The first-order valence-corrected chi connectivity index (χ1v) is 5.57. The van der Waals surface area contributed by atoms with Crippen LogP contribution >= 0.6 is 22.9 Å². The van der Waals surface area contributed by atoms with Gasteiger partial charge in [0.05, 0.1) is 17.9 Å². The number of thiazole rings is 1. The average Bonchev–Trinajstić information content (AvgIpc) is 2.55. The van der Waals surface area contributed by atoms with Crippen LogP contribution in [0.3, 0.4) is 0 Å². The Labute approximate surface area is 99.5 Å². The van der Waals surface area contributed by atoms with Gasteiger partial charge in [-0.05, 0) is 0 Å². The highest BCUT2D eigenvalue weighted by molar-refractivity contribution is 7.16. The van der Waals surface area contributed by atoms with E-state index in [9.17, 15) is 13.2 Å². The van der Waals surface area contributed by atoms with Crippen LogP contribution in [0.4, 0.5) is 18.3 Å². The SMILES string of the molecule is CN(CCC(F)(F)F)c1nc(Cl)c(CO)s1. The fraction of sp³-hybridized carbons (Fsp3) is 0.625. The molecule has 1 aromatic rings. The number of anilines is 1. The van der Waals surface area contributed by atoms with E-state index in [1.54, 1.807) is 0 Å². The summed E-state index contributed by atoms with van der Waals surface area (Å²) >= 11 is 6.75. The summed E-state index contributed by atoms with van der Waals surface area (Å²) < 4.78 is 35.9. The molecule has 0 aliphatic rings. The van der Waals surface area contributed by atoms with Crippen LogP contribution in [0.5, 0.6) is 0 Å². The molecule has 0 amide bonds. The minimum Gasteiger partial charge on any atom is -0.391 e. The summed E-state index contributed by atoms with van der Waals surface area (Å²) in [4.78, 5) is 5.68. The van der Waals surface area contributed by atoms with E-state index in [1.807, 2.05) is 0 Å². The molecule has 16 heavy (non-hydrogen) atoms. The van der Waals surface area contributed by atoms with Gasteiger partial charge < -0.3 is 10.0 Å². The zero-order chi connectivity index (χ0) is 12.3. The largest absolute Gasteiger partial charge is 0.391 e. The topological polar surface area (TPSA) is 36.4 Å². The number of alkyl halides is 3. The van der Waals surface area contributed by atoms with Gasteiger partial charge in [0.25, 0.3) is 0 Å². The molecule has 92 valence electrons. The maximum atomic E-state index is 12.0. The molecule has 0 saturated carbocycles. The molecule has 0 atom stereocenters. The van der Waals surface area contributed by atoms with E-state index >= 15 is 0 Å². The van der Waals surface area contributed by atoms with Crippen LogP contribution in [0.25, 0.3) is 0 Å². The third-order valence-corrected chi connectivity index (χ3v) is 3.42. The van der Waals surface area contributed by atoms with Gasteiger partial charge >= 0.3 is 6.18 Å². The summed E-state index contributed by atoms with van der Waals surface area (Å²) in [5, 5.41) is 9.37. The Balaban J connectivity index is 2.62. The zero-order valence-corrected chi connectivity index (χ0v) is 9.96. The van der Waals surface area contributed by atoms with E-state index in [-0.39, 0.29) is 18.3 Å². The first-order chi connectivity index (χ1) is 7.33. The standard InChI is InChI=1S/C8H10ClF3N2OS/c1-14(3-2-8(10,11)12)7-13-6(9)5(4-15)16-7/h15H,2-4H2,1H3. The second kappa shape index (κ2) is 5.20. The van der Waals surface area contributed by atoms with Gasteiger partial charge in [0.15, 0.2) is 5.13 Å². The number of hydrogen-bond donors (Lipinski definition) is 1. The molecule has 0 spiro atoms. The van der Waals surface area contributed by atoms with Gasteiger partial charge in [-0.1, -0.05) is 22.9 Å².